The van der Waals surface area contributed by atoms with Crippen LogP contribution in [0.5, 0.6) is 0 Å². The van der Waals surface area contributed by atoms with Crippen LogP contribution in [0, 0.1) is 0 Å². The predicted octanol–water partition coefficient (Wildman–Crippen LogP) is 3.49. The molecule has 1 heterocycles. The number of amides is 1. The molecule has 0 saturated carbocycles. The molecule has 1 aromatic heterocycles. The first-order valence-corrected chi connectivity index (χ1v) is 9.09. The highest BCUT2D eigenvalue weighted by Crippen LogP contribution is 2.20. The second kappa shape index (κ2) is 6.33. The zero-order chi connectivity index (χ0) is 17.2. The molecule has 0 atom stereocenters. The molecular weight excluding hydrogens is 326 g/mol. The fraction of sp³-hybridized carbons (Fsp3) is 0.0556. The van der Waals surface area contributed by atoms with Crippen molar-refractivity contribution >= 4 is 38.5 Å². The molecule has 0 radical (unpaired) electrons. The van der Waals surface area contributed by atoms with Gasteiger partial charge in [-0.25, -0.2) is 8.42 Å². The van der Waals surface area contributed by atoms with Crippen molar-refractivity contribution in [2.24, 2.45) is 0 Å². The Hall–Kier alpha value is -2.86. The highest BCUT2D eigenvalue weighted by atomic mass is 32.2. The summed E-state index contributed by atoms with van der Waals surface area (Å²) in [7, 11) is -3.32. The molecule has 0 unspecified atom stereocenters. The lowest BCUT2D eigenvalue weighted by molar-refractivity contribution is -0.111. The van der Waals surface area contributed by atoms with Crippen LogP contribution >= 0.6 is 0 Å². The first kappa shape index (κ1) is 16.0. The van der Waals surface area contributed by atoms with Crippen LogP contribution in [0.15, 0.2) is 70.0 Å². The Kier molecular flexibility index (Phi) is 4.22. The van der Waals surface area contributed by atoms with E-state index in [1.807, 2.05) is 30.3 Å². The molecule has 0 fully saturated rings. The first-order valence-electron chi connectivity index (χ1n) is 7.19. The Morgan fingerprint density at radius 2 is 1.88 bits per heavy atom. The van der Waals surface area contributed by atoms with Gasteiger partial charge in [0.25, 0.3) is 0 Å². The molecule has 6 heteroatoms. The molecule has 122 valence electrons. The molecule has 5 nitrogen and oxygen atoms in total. The van der Waals surface area contributed by atoms with Crippen LogP contribution in [0.1, 0.15) is 5.76 Å². The number of para-hydroxylation sites is 1. The Morgan fingerprint density at radius 1 is 1.08 bits per heavy atom. The van der Waals surface area contributed by atoms with E-state index in [4.69, 9.17) is 4.42 Å². The molecule has 3 aromatic rings. The third-order valence-corrected chi connectivity index (χ3v) is 4.48. The van der Waals surface area contributed by atoms with E-state index in [-0.39, 0.29) is 10.8 Å². The summed E-state index contributed by atoms with van der Waals surface area (Å²) in [5, 5.41) is 3.58. The maximum Gasteiger partial charge on any atom is 0.248 e. The van der Waals surface area contributed by atoms with Gasteiger partial charge in [0.05, 0.1) is 4.90 Å². The zero-order valence-corrected chi connectivity index (χ0v) is 13.7. The van der Waals surface area contributed by atoms with Gasteiger partial charge in [0, 0.05) is 23.4 Å². The highest BCUT2D eigenvalue weighted by Gasteiger charge is 2.08. The lowest BCUT2D eigenvalue weighted by atomic mass is 10.2. The van der Waals surface area contributed by atoms with Crippen LogP contribution in [0.25, 0.3) is 17.0 Å². The molecular formula is C18H15NO4S. The van der Waals surface area contributed by atoms with Crippen LogP contribution in [-0.2, 0) is 14.6 Å². The van der Waals surface area contributed by atoms with Gasteiger partial charge in [-0.3, -0.25) is 4.79 Å². The molecule has 0 saturated heterocycles. The van der Waals surface area contributed by atoms with Crippen LogP contribution < -0.4 is 5.32 Å². The topological polar surface area (TPSA) is 76.4 Å². The summed E-state index contributed by atoms with van der Waals surface area (Å²) in [6.07, 6.45) is 4.02. The fourth-order valence-corrected chi connectivity index (χ4v) is 2.90. The lowest BCUT2D eigenvalue weighted by Gasteiger charge is -2.04. The Morgan fingerprint density at radius 3 is 2.62 bits per heavy atom. The summed E-state index contributed by atoms with van der Waals surface area (Å²) in [6, 6.07) is 15.5. The summed E-state index contributed by atoms with van der Waals surface area (Å²) in [5.41, 5.74) is 1.16. The minimum Gasteiger partial charge on any atom is -0.457 e. The van der Waals surface area contributed by atoms with Crippen LogP contribution in [-0.4, -0.2) is 20.6 Å². The third-order valence-electron chi connectivity index (χ3n) is 3.37. The molecule has 24 heavy (non-hydrogen) atoms. The van der Waals surface area contributed by atoms with E-state index in [2.05, 4.69) is 5.32 Å². The van der Waals surface area contributed by atoms with Crippen molar-refractivity contribution < 1.29 is 17.6 Å². The monoisotopic (exact) mass is 341 g/mol. The normalized spacial score (nSPS) is 11.9. The predicted molar refractivity (Wildman–Crippen MR) is 93.4 cm³/mol. The molecule has 1 amide bonds. The molecule has 2 aromatic carbocycles. The van der Waals surface area contributed by atoms with Crippen LogP contribution in [0.2, 0.25) is 0 Å². The fourth-order valence-electron chi connectivity index (χ4n) is 2.23. The highest BCUT2D eigenvalue weighted by molar-refractivity contribution is 7.90. The quantitative estimate of drug-likeness (QED) is 0.737. The first-order chi connectivity index (χ1) is 11.4. The van der Waals surface area contributed by atoms with Crippen molar-refractivity contribution in [3.63, 3.8) is 0 Å². The number of hydrogen-bond acceptors (Lipinski definition) is 4. The van der Waals surface area contributed by atoms with Crippen molar-refractivity contribution in [2.45, 2.75) is 4.90 Å². The number of hydrogen-bond donors (Lipinski definition) is 1. The van der Waals surface area contributed by atoms with Crippen molar-refractivity contribution in [1.82, 2.24) is 0 Å². The van der Waals surface area contributed by atoms with Gasteiger partial charge in [0.2, 0.25) is 5.91 Å². The number of fused-ring (bicyclic) bond motifs is 1. The molecule has 0 aliphatic carbocycles. The van der Waals surface area contributed by atoms with E-state index in [1.54, 1.807) is 18.2 Å². The van der Waals surface area contributed by atoms with Crippen LogP contribution in [0.3, 0.4) is 0 Å². The summed E-state index contributed by atoms with van der Waals surface area (Å²) in [4.78, 5) is 12.1. The second-order valence-electron chi connectivity index (χ2n) is 5.31. The van der Waals surface area contributed by atoms with E-state index in [9.17, 15) is 13.2 Å². The van der Waals surface area contributed by atoms with E-state index >= 15 is 0 Å². The van der Waals surface area contributed by atoms with Crippen molar-refractivity contribution in [3.05, 3.63) is 66.4 Å². The van der Waals surface area contributed by atoms with E-state index in [0.29, 0.717) is 11.4 Å². The molecule has 3 rings (SSSR count). The number of furan rings is 1. The summed E-state index contributed by atoms with van der Waals surface area (Å²) >= 11 is 0. The van der Waals surface area contributed by atoms with Gasteiger partial charge in [-0.1, -0.05) is 24.3 Å². The number of rotatable bonds is 4. The van der Waals surface area contributed by atoms with Gasteiger partial charge >= 0.3 is 0 Å². The van der Waals surface area contributed by atoms with Gasteiger partial charge < -0.3 is 9.73 Å². The smallest absolute Gasteiger partial charge is 0.248 e. The number of carbonyl (C=O) groups is 1. The summed E-state index contributed by atoms with van der Waals surface area (Å²) in [6.45, 7) is 0. The SMILES string of the molecule is CS(=O)(=O)c1cccc(NC(=O)/C=C/c2cc3ccccc3o2)c1. The van der Waals surface area contributed by atoms with Gasteiger partial charge in [-0.15, -0.1) is 0 Å². The zero-order valence-electron chi connectivity index (χ0n) is 12.9. The van der Waals surface area contributed by atoms with Crippen LogP contribution in [0.4, 0.5) is 5.69 Å². The minimum absolute atomic E-state index is 0.154. The number of benzene rings is 2. The van der Waals surface area contributed by atoms with Gasteiger partial charge in [-0.05, 0) is 36.4 Å². The maximum atomic E-state index is 12.0. The molecule has 0 aliphatic heterocycles. The largest absolute Gasteiger partial charge is 0.457 e. The molecule has 0 aliphatic rings. The lowest BCUT2D eigenvalue weighted by Crippen LogP contribution is -2.08. The molecule has 0 bridgehead atoms. The average molecular weight is 341 g/mol. The summed E-state index contributed by atoms with van der Waals surface area (Å²) in [5.74, 6) is 0.192. The Bertz CT molecular complexity index is 999. The molecule has 1 N–H and O–H groups in total. The number of carbonyl (C=O) groups excluding carboxylic acids is 1. The van der Waals surface area contributed by atoms with Gasteiger partial charge in [-0.2, -0.15) is 0 Å². The minimum atomic E-state index is -3.32. The standard InChI is InChI=1S/C18H15NO4S/c1-24(21,22)16-7-4-6-14(12-16)19-18(20)10-9-15-11-13-5-2-3-8-17(13)23-15/h2-12H,1H3,(H,19,20)/b10-9+. The number of anilines is 1. The van der Waals surface area contributed by atoms with Crippen molar-refractivity contribution in [1.29, 1.82) is 0 Å². The number of nitrogens with one attached hydrogen (secondary N) is 1. The van der Waals surface area contributed by atoms with Crippen molar-refractivity contribution in [3.8, 4) is 0 Å². The Balaban J connectivity index is 1.73. The van der Waals surface area contributed by atoms with Crippen molar-refractivity contribution in [2.75, 3.05) is 11.6 Å². The van der Waals surface area contributed by atoms with E-state index in [0.717, 1.165) is 17.2 Å². The van der Waals surface area contributed by atoms with E-state index < -0.39 is 9.84 Å². The second-order valence-corrected chi connectivity index (χ2v) is 7.32. The number of sulfone groups is 1. The average Bonchev–Trinajstić information content (AvgIpc) is 2.95. The van der Waals surface area contributed by atoms with Gasteiger partial charge in [0.15, 0.2) is 9.84 Å². The molecule has 0 spiro atoms. The Labute approximate surface area is 139 Å². The maximum absolute atomic E-state index is 12.0. The van der Waals surface area contributed by atoms with E-state index in [1.165, 1.54) is 18.2 Å². The third kappa shape index (κ3) is 3.72. The summed E-state index contributed by atoms with van der Waals surface area (Å²) < 4.78 is 28.6. The van der Waals surface area contributed by atoms with Gasteiger partial charge in [0.1, 0.15) is 11.3 Å².